The molecule has 0 saturated heterocycles. The van der Waals surface area contributed by atoms with Crippen LogP contribution in [0.15, 0.2) is 12.1 Å². The highest BCUT2D eigenvalue weighted by Crippen LogP contribution is 2.39. The Morgan fingerprint density at radius 3 is 2.60 bits per heavy atom. The second kappa shape index (κ2) is 3.81. The fourth-order valence-electron chi connectivity index (χ4n) is 2.31. The first-order chi connectivity index (χ1) is 7.15. The highest BCUT2D eigenvalue weighted by atomic mass is 16.5. The van der Waals surface area contributed by atoms with Gasteiger partial charge in [0.1, 0.15) is 11.4 Å². The van der Waals surface area contributed by atoms with E-state index < -0.39 is 0 Å². The zero-order valence-corrected chi connectivity index (χ0v) is 9.42. The molecule has 0 amide bonds. The Balaban J connectivity index is 2.44. The number of pyridine rings is 1. The van der Waals surface area contributed by atoms with Crippen molar-refractivity contribution in [3.05, 3.63) is 23.5 Å². The van der Waals surface area contributed by atoms with Crippen LogP contribution in [0.1, 0.15) is 37.1 Å². The van der Waals surface area contributed by atoms with Gasteiger partial charge in [-0.1, -0.05) is 12.8 Å². The van der Waals surface area contributed by atoms with Crippen LogP contribution in [0.5, 0.6) is 5.75 Å². The minimum Gasteiger partial charge on any atom is -0.495 e. The average molecular weight is 206 g/mol. The molecule has 2 N–H and O–H groups in total. The van der Waals surface area contributed by atoms with E-state index in [1.54, 1.807) is 7.11 Å². The number of hydrogen-bond donors (Lipinski definition) is 1. The number of aromatic nitrogens is 1. The SMILES string of the molecule is COc1ccc(C)nc1C1(N)CCCC1. The second-order valence-corrected chi connectivity index (χ2v) is 4.37. The van der Waals surface area contributed by atoms with Gasteiger partial charge in [0, 0.05) is 5.69 Å². The summed E-state index contributed by atoms with van der Waals surface area (Å²) in [6.45, 7) is 1.99. The van der Waals surface area contributed by atoms with Gasteiger partial charge in [0.05, 0.1) is 12.6 Å². The summed E-state index contributed by atoms with van der Waals surface area (Å²) in [7, 11) is 1.67. The standard InChI is InChI=1S/C12H18N2O/c1-9-5-6-10(15-2)11(14-9)12(13)7-3-4-8-12/h5-6H,3-4,7-8,13H2,1-2H3. The third-order valence-electron chi connectivity index (χ3n) is 3.18. The molecule has 1 heterocycles. The summed E-state index contributed by atoms with van der Waals surface area (Å²) in [6, 6.07) is 3.92. The first-order valence-electron chi connectivity index (χ1n) is 5.47. The smallest absolute Gasteiger partial charge is 0.142 e. The first-order valence-corrected chi connectivity index (χ1v) is 5.47. The molecule has 3 heteroatoms. The van der Waals surface area contributed by atoms with E-state index in [1.807, 2.05) is 19.1 Å². The zero-order valence-electron chi connectivity index (χ0n) is 9.42. The number of nitrogens with zero attached hydrogens (tertiary/aromatic N) is 1. The molecule has 82 valence electrons. The molecule has 2 rings (SSSR count). The Hall–Kier alpha value is -1.09. The molecule has 1 saturated carbocycles. The van der Waals surface area contributed by atoms with E-state index in [1.165, 1.54) is 12.8 Å². The maximum absolute atomic E-state index is 6.38. The second-order valence-electron chi connectivity index (χ2n) is 4.37. The average Bonchev–Trinajstić information content (AvgIpc) is 2.66. The molecule has 1 aromatic heterocycles. The molecule has 1 aliphatic carbocycles. The summed E-state index contributed by atoms with van der Waals surface area (Å²) in [6.07, 6.45) is 4.41. The van der Waals surface area contributed by atoms with Crippen LogP contribution >= 0.6 is 0 Å². The molecule has 0 aromatic carbocycles. The minimum atomic E-state index is -0.267. The highest BCUT2D eigenvalue weighted by Gasteiger charge is 2.35. The van der Waals surface area contributed by atoms with E-state index >= 15 is 0 Å². The summed E-state index contributed by atoms with van der Waals surface area (Å²) in [5.74, 6) is 0.824. The van der Waals surface area contributed by atoms with Gasteiger partial charge in [-0.05, 0) is 31.9 Å². The van der Waals surface area contributed by atoms with Gasteiger partial charge in [0.25, 0.3) is 0 Å². The van der Waals surface area contributed by atoms with Crippen molar-refractivity contribution in [1.29, 1.82) is 0 Å². The van der Waals surface area contributed by atoms with Gasteiger partial charge in [-0.3, -0.25) is 4.98 Å². The minimum absolute atomic E-state index is 0.267. The maximum atomic E-state index is 6.38. The molecule has 1 aromatic rings. The Morgan fingerprint density at radius 1 is 1.33 bits per heavy atom. The lowest BCUT2D eigenvalue weighted by atomic mass is 9.93. The van der Waals surface area contributed by atoms with Crippen molar-refractivity contribution >= 4 is 0 Å². The molecule has 0 unspecified atom stereocenters. The van der Waals surface area contributed by atoms with Crippen molar-refractivity contribution in [2.24, 2.45) is 5.73 Å². The molecular formula is C12H18N2O. The van der Waals surface area contributed by atoms with E-state index in [2.05, 4.69) is 4.98 Å². The predicted molar refractivity (Wildman–Crippen MR) is 59.9 cm³/mol. The molecule has 1 aliphatic rings. The molecule has 3 nitrogen and oxygen atoms in total. The molecule has 0 radical (unpaired) electrons. The number of hydrogen-bond acceptors (Lipinski definition) is 3. The number of methoxy groups -OCH3 is 1. The fourth-order valence-corrected chi connectivity index (χ4v) is 2.31. The first kappa shape index (κ1) is 10.4. The topological polar surface area (TPSA) is 48.1 Å². The van der Waals surface area contributed by atoms with Crippen molar-refractivity contribution in [2.45, 2.75) is 38.1 Å². The van der Waals surface area contributed by atoms with E-state index in [-0.39, 0.29) is 5.54 Å². The van der Waals surface area contributed by atoms with Crippen LogP contribution in [0, 0.1) is 6.92 Å². The normalized spacial score (nSPS) is 19.1. The van der Waals surface area contributed by atoms with Crippen LogP contribution in [-0.2, 0) is 5.54 Å². The Bertz CT molecular complexity index is 357. The molecule has 0 spiro atoms. The van der Waals surface area contributed by atoms with Crippen molar-refractivity contribution in [3.63, 3.8) is 0 Å². The molecule has 15 heavy (non-hydrogen) atoms. The number of ether oxygens (including phenoxy) is 1. The van der Waals surface area contributed by atoms with Gasteiger partial charge < -0.3 is 10.5 Å². The maximum Gasteiger partial charge on any atom is 0.142 e. The van der Waals surface area contributed by atoms with Crippen LogP contribution in [0.3, 0.4) is 0 Å². The van der Waals surface area contributed by atoms with Gasteiger partial charge in [0.2, 0.25) is 0 Å². The lowest BCUT2D eigenvalue weighted by molar-refractivity contribution is 0.370. The molecule has 1 fully saturated rings. The zero-order chi connectivity index (χ0) is 10.9. The lowest BCUT2D eigenvalue weighted by Crippen LogP contribution is -2.34. The van der Waals surface area contributed by atoms with E-state index in [0.717, 1.165) is 30.0 Å². The van der Waals surface area contributed by atoms with Crippen LogP contribution in [-0.4, -0.2) is 12.1 Å². The van der Waals surface area contributed by atoms with Gasteiger partial charge in [-0.2, -0.15) is 0 Å². The van der Waals surface area contributed by atoms with Crippen LogP contribution < -0.4 is 10.5 Å². The molecule has 0 bridgehead atoms. The largest absolute Gasteiger partial charge is 0.495 e. The summed E-state index contributed by atoms with van der Waals surface area (Å²) in [5.41, 5.74) is 8.05. The third-order valence-corrected chi connectivity index (χ3v) is 3.18. The van der Waals surface area contributed by atoms with Crippen molar-refractivity contribution in [2.75, 3.05) is 7.11 Å². The van der Waals surface area contributed by atoms with Gasteiger partial charge in [0.15, 0.2) is 0 Å². The monoisotopic (exact) mass is 206 g/mol. The molecule has 0 aliphatic heterocycles. The van der Waals surface area contributed by atoms with Gasteiger partial charge >= 0.3 is 0 Å². The van der Waals surface area contributed by atoms with Gasteiger partial charge in [-0.15, -0.1) is 0 Å². The Labute approximate surface area is 90.7 Å². The summed E-state index contributed by atoms with van der Waals surface area (Å²) in [5, 5.41) is 0. The van der Waals surface area contributed by atoms with Crippen molar-refractivity contribution in [3.8, 4) is 5.75 Å². The highest BCUT2D eigenvalue weighted by molar-refractivity contribution is 5.35. The number of nitrogens with two attached hydrogens (primary N) is 1. The Morgan fingerprint density at radius 2 is 2.00 bits per heavy atom. The van der Waals surface area contributed by atoms with Crippen LogP contribution in [0.4, 0.5) is 0 Å². The number of rotatable bonds is 2. The predicted octanol–water partition coefficient (Wildman–Crippen LogP) is 2.13. The third kappa shape index (κ3) is 1.84. The van der Waals surface area contributed by atoms with Crippen molar-refractivity contribution < 1.29 is 4.74 Å². The van der Waals surface area contributed by atoms with Crippen molar-refractivity contribution in [1.82, 2.24) is 4.98 Å². The van der Waals surface area contributed by atoms with Crippen LogP contribution in [0.2, 0.25) is 0 Å². The lowest BCUT2D eigenvalue weighted by Gasteiger charge is -2.25. The van der Waals surface area contributed by atoms with Gasteiger partial charge in [-0.25, -0.2) is 0 Å². The van der Waals surface area contributed by atoms with E-state index in [9.17, 15) is 0 Å². The van der Waals surface area contributed by atoms with Crippen LogP contribution in [0.25, 0.3) is 0 Å². The fraction of sp³-hybridized carbons (Fsp3) is 0.583. The number of aryl methyl sites for hydroxylation is 1. The summed E-state index contributed by atoms with van der Waals surface area (Å²) < 4.78 is 5.34. The van der Waals surface area contributed by atoms with E-state index in [0.29, 0.717) is 0 Å². The molecule has 0 atom stereocenters. The Kier molecular flexibility index (Phi) is 2.65. The quantitative estimate of drug-likeness (QED) is 0.806. The summed E-state index contributed by atoms with van der Waals surface area (Å²) >= 11 is 0. The molecular weight excluding hydrogens is 188 g/mol. The van der Waals surface area contributed by atoms with E-state index in [4.69, 9.17) is 10.5 Å². The summed E-state index contributed by atoms with van der Waals surface area (Å²) in [4.78, 5) is 4.55.